The average molecular weight is 452 g/mol. The molecule has 0 unspecified atom stereocenters. The Morgan fingerprint density at radius 2 is 1.60 bits per heavy atom. The maximum absolute atomic E-state index is 13.2. The SMILES string of the molecule is CN(C)c1ccc(NS(=O)(=O)c2cccc(F)c2)cc1C(=O)O.O=C(O)C(F)(F)F. The minimum Gasteiger partial charge on any atom is -0.478 e. The van der Waals surface area contributed by atoms with Crippen LogP contribution in [-0.2, 0) is 14.8 Å². The van der Waals surface area contributed by atoms with Crippen molar-refractivity contribution in [2.24, 2.45) is 0 Å². The molecule has 8 nitrogen and oxygen atoms in total. The zero-order chi connectivity index (χ0) is 23.3. The molecule has 0 aromatic heterocycles. The lowest BCUT2D eigenvalue weighted by atomic mass is 10.1. The number of sulfonamides is 1. The van der Waals surface area contributed by atoms with Crippen LogP contribution in [0.2, 0.25) is 0 Å². The minimum atomic E-state index is -5.08. The Morgan fingerprint density at radius 3 is 2.03 bits per heavy atom. The first kappa shape index (κ1) is 24.7. The Balaban J connectivity index is 0.000000553. The Kier molecular flexibility index (Phi) is 7.76. The summed E-state index contributed by atoms with van der Waals surface area (Å²) in [5.74, 6) is -4.62. The van der Waals surface area contributed by atoms with E-state index in [1.165, 1.54) is 30.3 Å². The molecule has 30 heavy (non-hydrogen) atoms. The normalized spacial score (nSPS) is 11.1. The number of nitrogens with one attached hydrogen (secondary N) is 1. The molecule has 0 aliphatic carbocycles. The molecule has 0 aliphatic heterocycles. The minimum absolute atomic E-state index is 0.0468. The molecule has 0 aliphatic rings. The van der Waals surface area contributed by atoms with Gasteiger partial charge in [0, 0.05) is 19.8 Å². The first-order valence-corrected chi connectivity index (χ1v) is 9.26. The topological polar surface area (TPSA) is 124 Å². The fourth-order valence-electron chi connectivity index (χ4n) is 2.01. The van der Waals surface area contributed by atoms with Gasteiger partial charge >= 0.3 is 18.1 Å². The lowest BCUT2D eigenvalue weighted by Crippen LogP contribution is -2.21. The number of carboxylic acid groups (broad SMARTS) is 2. The van der Waals surface area contributed by atoms with Gasteiger partial charge in [-0.05, 0) is 36.4 Å². The zero-order valence-electron chi connectivity index (χ0n) is 15.4. The number of nitrogens with zero attached hydrogens (tertiary/aromatic N) is 1. The van der Waals surface area contributed by atoms with Crippen molar-refractivity contribution in [3.8, 4) is 0 Å². The average Bonchev–Trinajstić information content (AvgIpc) is 2.60. The second kappa shape index (κ2) is 9.43. The number of alkyl halides is 3. The van der Waals surface area contributed by atoms with Gasteiger partial charge in [0.05, 0.1) is 16.1 Å². The fourth-order valence-corrected chi connectivity index (χ4v) is 3.09. The summed E-state index contributed by atoms with van der Waals surface area (Å²) in [5.41, 5.74) is 0.470. The maximum Gasteiger partial charge on any atom is 0.490 e. The van der Waals surface area contributed by atoms with Gasteiger partial charge in [0.2, 0.25) is 0 Å². The molecule has 0 bridgehead atoms. The number of halogens is 4. The first-order chi connectivity index (χ1) is 13.6. The van der Waals surface area contributed by atoms with Crippen LogP contribution in [0.5, 0.6) is 0 Å². The lowest BCUT2D eigenvalue weighted by Gasteiger charge is -2.17. The monoisotopic (exact) mass is 452 g/mol. The van der Waals surface area contributed by atoms with Gasteiger partial charge < -0.3 is 15.1 Å². The molecule has 2 aromatic rings. The van der Waals surface area contributed by atoms with Gasteiger partial charge in [0.15, 0.2) is 0 Å². The van der Waals surface area contributed by atoms with Crippen LogP contribution in [0.1, 0.15) is 10.4 Å². The third-order valence-corrected chi connectivity index (χ3v) is 4.69. The van der Waals surface area contributed by atoms with Crippen LogP contribution in [0, 0.1) is 5.82 Å². The molecule has 0 fully saturated rings. The van der Waals surface area contributed by atoms with Gasteiger partial charge in [0.1, 0.15) is 5.82 Å². The van der Waals surface area contributed by atoms with E-state index in [0.29, 0.717) is 5.69 Å². The molecule has 0 saturated carbocycles. The van der Waals surface area contributed by atoms with Crippen molar-refractivity contribution >= 4 is 33.3 Å². The predicted octanol–water partition coefficient (Wildman–Crippen LogP) is 3.02. The molecule has 0 heterocycles. The third-order valence-electron chi connectivity index (χ3n) is 3.31. The summed E-state index contributed by atoms with van der Waals surface area (Å²) in [4.78, 5) is 21.6. The smallest absolute Gasteiger partial charge is 0.478 e. The van der Waals surface area contributed by atoms with E-state index in [-0.39, 0.29) is 16.1 Å². The Morgan fingerprint density at radius 1 is 1.03 bits per heavy atom. The van der Waals surface area contributed by atoms with E-state index in [4.69, 9.17) is 9.90 Å². The predicted molar refractivity (Wildman–Crippen MR) is 98.6 cm³/mol. The van der Waals surface area contributed by atoms with Crippen LogP contribution in [0.3, 0.4) is 0 Å². The highest BCUT2D eigenvalue weighted by molar-refractivity contribution is 7.92. The van der Waals surface area contributed by atoms with Gasteiger partial charge in [-0.1, -0.05) is 6.07 Å². The maximum atomic E-state index is 13.2. The summed E-state index contributed by atoms with van der Waals surface area (Å²) in [6.45, 7) is 0. The molecule has 13 heteroatoms. The summed E-state index contributed by atoms with van der Waals surface area (Å²) < 4.78 is 71.6. The number of hydrogen-bond donors (Lipinski definition) is 3. The highest BCUT2D eigenvalue weighted by Gasteiger charge is 2.38. The van der Waals surface area contributed by atoms with E-state index in [2.05, 4.69) is 4.72 Å². The molecule has 3 N–H and O–H groups in total. The van der Waals surface area contributed by atoms with Crippen LogP contribution < -0.4 is 9.62 Å². The third kappa shape index (κ3) is 6.92. The molecule has 0 saturated heterocycles. The lowest BCUT2D eigenvalue weighted by molar-refractivity contribution is -0.192. The molecular formula is C17H16F4N2O6S. The van der Waals surface area contributed by atoms with E-state index in [9.17, 15) is 35.9 Å². The van der Waals surface area contributed by atoms with Gasteiger partial charge in [-0.3, -0.25) is 4.72 Å². The molecule has 2 rings (SSSR count). The second-order valence-electron chi connectivity index (χ2n) is 5.80. The Hall–Kier alpha value is -3.35. The molecule has 0 atom stereocenters. The number of hydrogen-bond acceptors (Lipinski definition) is 5. The quantitative estimate of drug-likeness (QED) is 0.596. The highest BCUT2D eigenvalue weighted by atomic mass is 32.2. The van der Waals surface area contributed by atoms with Crippen LogP contribution in [0.15, 0.2) is 47.4 Å². The Bertz CT molecular complexity index is 1040. The summed E-state index contributed by atoms with van der Waals surface area (Å²) >= 11 is 0. The number of carbonyl (C=O) groups is 2. The molecule has 0 spiro atoms. The van der Waals surface area contributed by atoms with Crippen LogP contribution >= 0.6 is 0 Å². The molecule has 0 amide bonds. The van der Waals surface area contributed by atoms with Crippen molar-refractivity contribution in [2.75, 3.05) is 23.7 Å². The van der Waals surface area contributed by atoms with Crippen LogP contribution in [0.4, 0.5) is 28.9 Å². The van der Waals surface area contributed by atoms with E-state index >= 15 is 0 Å². The van der Waals surface area contributed by atoms with Gasteiger partial charge in [-0.2, -0.15) is 13.2 Å². The number of rotatable bonds is 5. The van der Waals surface area contributed by atoms with Gasteiger partial charge in [-0.25, -0.2) is 22.4 Å². The van der Waals surface area contributed by atoms with Gasteiger partial charge in [0.25, 0.3) is 10.0 Å². The summed E-state index contributed by atoms with van der Waals surface area (Å²) in [7, 11) is -0.650. The van der Waals surface area contributed by atoms with Crippen LogP contribution in [-0.4, -0.2) is 50.8 Å². The number of benzene rings is 2. The zero-order valence-corrected chi connectivity index (χ0v) is 16.3. The molecular weight excluding hydrogens is 436 g/mol. The van der Waals surface area contributed by atoms with Crippen molar-refractivity contribution in [2.45, 2.75) is 11.1 Å². The number of carboxylic acids is 2. The summed E-state index contributed by atoms with van der Waals surface area (Å²) in [6.07, 6.45) is -5.08. The number of anilines is 2. The van der Waals surface area contributed by atoms with Gasteiger partial charge in [-0.15, -0.1) is 0 Å². The van der Waals surface area contributed by atoms with Crippen LogP contribution in [0.25, 0.3) is 0 Å². The molecule has 2 aromatic carbocycles. The van der Waals surface area contributed by atoms with Crippen molar-refractivity contribution < 1.29 is 45.8 Å². The highest BCUT2D eigenvalue weighted by Crippen LogP contribution is 2.25. The summed E-state index contributed by atoms with van der Waals surface area (Å²) in [5, 5.41) is 16.4. The van der Waals surface area contributed by atoms with Crippen molar-refractivity contribution in [3.05, 3.63) is 53.8 Å². The number of aliphatic carboxylic acids is 1. The number of aromatic carboxylic acids is 1. The van der Waals surface area contributed by atoms with E-state index in [1.54, 1.807) is 19.0 Å². The standard InChI is InChI=1S/C15H15FN2O4S.C2HF3O2/c1-18(2)14-7-6-11(9-13(14)15(19)20)17-23(21,22)12-5-3-4-10(16)8-12;3-2(4,5)1(6)7/h3-9,17H,1-2H3,(H,19,20);(H,6,7). The van der Waals surface area contributed by atoms with E-state index in [1.807, 2.05) is 0 Å². The van der Waals surface area contributed by atoms with E-state index in [0.717, 1.165) is 12.1 Å². The van der Waals surface area contributed by atoms with Crippen molar-refractivity contribution in [3.63, 3.8) is 0 Å². The fraction of sp³-hybridized carbons (Fsp3) is 0.176. The molecule has 0 radical (unpaired) electrons. The largest absolute Gasteiger partial charge is 0.490 e. The summed E-state index contributed by atoms with van der Waals surface area (Å²) in [6, 6.07) is 8.70. The second-order valence-corrected chi connectivity index (χ2v) is 7.48. The van der Waals surface area contributed by atoms with Crippen molar-refractivity contribution in [1.82, 2.24) is 0 Å². The van der Waals surface area contributed by atoms with Crippen molar-refractivity contribution in [1.29, 1.82) is 0 Å². The molecule has 164 valence electrons. The van der Waals surface area contributed by atoms with E-state index < -0.39 is 34.0 Å². The Labute approximate surface area is 168 Å². The first-order valence-electron chi connectivity index (χ1n) is 7.78.